The van der Waals surface area contributed by atoms with Gasteiger partial charge >= 0.3 is 0 Å². The quantitative estimate of drug-likeness (QED) is 0.156. The highest BCUT2D eigenvalue weighted by Crippen LogP contribution is 2.18. The van der Waals surface area contributed by atoms with Crippen molar-refractivity contribution in [1.29, 1.82) is 0 Å². The number of benzene rings is 1. The molecule has 0 aliphatic heterocycles. The number of carbonyl (C=O) groups excluding carboxylic acids is 2. The Labute approximate surface area is 234 Å². The van der Waals surface area contributed by atoms with Crippen LogP contribution in [-0.2, 0) is 4.79 Å². The Hall–Kier alpha value is -3.99. The third kappa shape index (κ3) is 15.1. The predicted molar refractivity (Wildman–Crippen MR) is 163 cm³/mol. The van der Waals surface area contributed by atoms with Crippen molar-refractivity contribution in [3.63, 3.8) is 0 Å². The van der Waals surface area contributed by atoms with Crippen molar-refractivity contribution in [2.24, 2.45) is 0 Å². The summed E-state index contributed by atoms with van der Waals surface area (Å²) in [5.74, 6) is -0.197. The van der Waals surface area contributed by atoms with Crippen molar-refractivity contribution in [3.8, 4) is 11.1 Å². The lowest BCUT2D eigenvalue weighted by Crippen LogP contribution is -2.34. The van der Waals surface area contributed by atoms with Crippen LogP contribution < -0.4 is 10.6 Å². The smallest absolute Gasteiger partial charge is 0.252 e. The molecule has 0 bridgehead atoms. The number of pyridine rings is 1. The highest BCUT2D eigenvalue weighted by Gasteiger charge is 2.08. The van der Waals surface area contributed by atoms with Crippen molar-refractivity contribution in [2.75, 3.05) is 13.1 Å². The number of hydrogen-bond donors (Lipinski definition) is 2. The van der Waals surface area contributed by atoms with Gasteiger partial charge < -0.3 is 10.6 Å². The molecule has 2 aromatic rings. The molecule has 2 amide bonds. The van der Waals surface area contributed by atoms with E-state index < -0.39 is 0 Å². The molecule has 0 saturated heterocycles. The van der Waals surface area contributed by atoms with Crippen LogP contribution in [0.1, 0.15) is 68.6 Å². The second-order valence-corrected chi connectivity index (χ2v) is 9.03. The van der Waals surface area contributed by atoms with Gasteiger partial charge in [-0.05, 0) is 56.6 Å². The van der Waals surface area contributed by atoms with E-state index >= 15 is 0 Å². The summed E-state index contributed by atoms with van der Waals surface area (Å²) in [6.07, 6.45) is 32.2. The second-order valence-electron chi connectivity index (χ2n) is 9.03. The van der Waals surface area contributed by atoms with Crippen molar-refractivity contribution in [2.45, 2.75) is 58.3 Å². The fourth-order valence-corrected chi connectivity index (χ4v) is 3.67. The number of nitrogens with one attached hydrogen (secondary N) is 2. The fourth-order valence-electron chi connectivity index (χ4n) is 3.67. The number of nitrogens with zero attached hydrogens (tertiary/aromatic N) is 1. The van der Waals surface area contributed by atoms with E-state index in [4.69, 9.17) is 0 Å². The first-order valence-corrected chi connectivity index (χ1v) is 14.0. The van der Waals surface area contributed by atoms with Gasteiger partial charge in [-0.1, -0.05) is 98.0 Å². The molecule has 0 saturated carbocycles. The summed E-state index contributed by atoms with van der Waals surface area (Å²) in [4.78, 5) is 28.7. The summed E-state index contributed by atoms with van der Waals surface area (Å²) in [5, 5.41) is 5.70. The molecule has 0 fully saturated rings. The molecule has 39 heavy (non-hydrogen) atoms. The summed E-state index contributed by atoms with van der Waals surface area (Å²) in [5.41, 5.74) is 2.40. The first-order valence-electron chi connectivity index (χ1n) is 14.0. The first-order chi connectivity index (χ1) is 19.2. The molecule has 206 valence electrons. The van der Waals surface area contributed by atoms with Gasteiger partial charge in [-0.15, -0.1) is 0 Å². The molecule has 0 spiro atoms. The van der Waals surface area contributed by atoms with E-state index in [1.54, 1.807) is 12.4 Å². The predicted octanol–water partition coefficient (Wildman–Crippen LogP) is 7.52. The Balaban J connectivity index is 1.48. The Morgan fingerprint density at radius 1 is 0.718 bits per heavy atom. The maximum atomic E-state index is 12.4. The number of unbranched alkanes of at least 4 members (excludes halogenated alkanes) is 1. The first kappa shape index (κ1) is 31.2. The molecule has 2 rings (SSSR count). The Morgan fingerprint density at radius 3 is 1.95 bits per heavy atom. The standard InChI is InChI=1S/C34H43N3O2/c1-2-3-4-5-6-7-8-9-10-11-12-13-14-15-16-17-21-24-33(38)36-25-26-37-34(39)32-27-31(28-35-29-32)30-22-19-18-20-23-30/h3-4,6-7,9-10,12-13,15-16,18-20,22-23,27-29H,2,5,8,11,14,17,21,24-26H2,1H3,(H,36,38)(H,37,39)/b4-3-,7-6-,10-9-,13-12-,16-15-. The minimum Gasteiger partial charge on any atom is -0.354 e. The zero-order chi connectivity index (χ0) is 27.8. The fraction of sp³-hybridized carbons (Fsp3) is 0.324. The molecular weight excluding hydrogens is 482 g/mol. The molecule has 5 nitrogen and oxygen atoms in total. The van der Waals surface area contributed by atoms with Gasteiger partial charge in [0, 0.05) is 37.5 Å². The van der Waals surface area contributed by atoms with Crippen LogP contribution in [-0.4, -0.2) is 29.9 Å². The minimum atomic E-state index is -0.201. The van der Waals surface area contributed by atoms with E-state index in [0.717, 1.165) is 56.1 Å². The SMILES string of the molecule is CC/C=C\C/C=C\C/C=C\C/C=C\C/C=C\CCCC(=O)NCCNC(=O)c1cncc(-c2ccccc2)c1. The van der Waals surface area contributed by atoms with E-state index in [-0.39, 0.29) is 11.8 Å². The van der Waals surface area contributed by atoms with Crippen LogP contribution in [0.2, 0.25) is 0 Å². The van der Waals surface area contributed by atoms with Gasteiger partial charge in [0.05, 0.1) is 5.56 Å². The number of hydrogen-bond acceptors (Lipinski definition) is 3. The Bertz CT molecular complexity index is 1110. The molecule has 0 aliphatic carbocycles. The van der Waals surface area contributed by atoms with Crippen molar-refractivity contribution in [3.05, 3.63) is 115 Å². The van der Waals surface area contributed by atoms with Crippen molar-refractivity contribution in [1.82, 2.24) is 15.6 Å². The number of rotatable bonds is 18. The lowest BCUT2D eigenvalue weighted by Gasteiger charge is -2.08. The monoisotopic (exact) mass is 525 g/mol. The zero-order valence-corrected chi connectivity index (χ0v) is 23.2. The summed E-state index contributed by atoms with van der Waals surface area (Å²) < 4.78 is 0. The van der Waals surface area contributed by atoms with Crippen molar-refractivity contribution >= 4 is 11.8 Å². The third-order valence-corrected chi connectivity index (χ3v) is 5.77. The van der Waals surface area contributed by atoms with Crippen LogP contribution in [0.5, 0.6) is 0 Å². The Kier molecular flexibility index (Phi) is 16.8. The van der Waals surface area contributed by atoms with E-state index in [1.165, 1.54) is 0 Å². The van der Waals surface area contributed by atoms with Crippen LogP contribution in [0.15, 0.2) is 110 Å². The molecule has 1 heterocycles. The van der Waals surface area contributed by atoms with Gasteiger partial charge in [0.15, 0.2) is 0 Å². The topological polar surface area (TPSA) is 71.1 Å². The Morgan fingerprint density at radius 2 is 1.31 bits per heavy atom. The lowest BCUT2D eigenvalue weighted by molar-refractivity contribution is -0.121. The molecule has 2 N–H and O–H groups in total. The number of carbonyl (C=O) groups is 2. The van der Waals surface area contributed by atoms with Crippen LogP contribution in [0.3, 0.4) is 0 Å². The van der Waals surface area contributed by atoms with Crippen LogP contribution in [0.25, 0.3) is 11.1 Å². The average molecular weight is 526 g/mol. The van der Waals surface area contributed by atoms with Crippen molar-refractivity contribution < 1.29 is 9.59 Å². The molecule has 0 atom stereocenters. The number of aromatic nitrogens is 1. The third-order valence-electron chi connectivity index (χ3n) is 5.77. The van der Waals surface area contributed by atoms with E-state index in [9.17, 15) is 9.59 Å². The van der Waals surface area contributed by atoms with E-state index in [1.807, 2.05) is 36.4 Å². The number of amides is 2. The summed E-state index contributed by atoms with van der Waals surface area (Å²) in [7, 11) is 0. The van der Waals surface area contributed by atoms with Gasteiger partial charge in [-0.3, -0.25) is 14.6 Å². The van der Waals surface area contributed by atoms with E-state index in [0.29, 0.717) is 25.1 Å². The molecule has 0 aliphatic rings. The molecule has 5 heteroatoms. The molecule has 0 unspecified atom stereocenters. The molecule has 1 aromatic carbocycles. The van der Waals surface area contributed by atoms with Gasteiger partial charge in [0.25, 0.3) is 5.91 Å². The zero-order valence-electron chi connectivity index (χ0n) is 23.2. The minimum absolute atomic E-state index is 0.00402. The lowest BCUT2D eigenvalue weighted by atomic mass is 10.1. The molecular formula is C34H43N3O2. The van der Waals surface area contributed by atoms with Crippen LogP contribution in [0, 0.1) is 0 Å². The van der Waals surface area contributed by atoms with Gasteiger partial charge in [-0.2, -0.15) is 0 Å². The highest BCUT2D eigenvalue weighted by molar-refractivity contribution is 5.95. The van der Waals surface area contributed by atoms with Gasteiger partial charge in [-0.25, -0.2) is 0 Å². The molecule has 1 aromatic heterocycles. The van der Waals surface area contributed by atoms with Crippen LogP contribution >= 0.6 is 0 Å². The summed E-state index contributed by atoms with van der Waals surface area (Å²) in [6.45, 7) is 2.92. The highest BCUT2D eigenvalue weighted by atomic mass is 16.2. The summed E-state index contributed by atoms with van der Waals surface area (Å²) >= 11 is 0. The maximum Gasteiger partial charge on any atom is 0.252 e. The van der Waals surface area contributed by atoms with Gasteiger partial charge in [0.2, 0.25) is 5.91 Å². The average Bonchev–Trinajstić information content (AvgIpc) is 2.97. The van der Waals surface area contributed by atoms with Crippen LogP contribution in [0.4, 0.5) is 0 Å². The normalized spacial score (nSPS) is 11.9. The van der Waals surface area contributed by atoms with E-state index in [2.05, 4.69) is 83.3 Å². The largest absolute Gasteiger partial charge is 0.354 e. The van der Waals surface area contributed by atoms with Gasteiger partial charge in [0.1, 0.15) is 0 Å². The number of allylic oxidation sites excluding steroid dienone is 10. The second kappa shape index (κ2) is 21.0. The maximum absolute atomic E-state index is 12.4. The summed E-state index contributed by atoms with van der Waals surface area (Å²) in [6, 6.07) is 11.6. The molecule has 0 radical (unpaired) electrons.